The first kappa shape index (κ1) is 26.6. The minimum Gasteiger partial charge on any atom is -0.462 e. The van der Waals surface area contributed by atoms with Crippen molar-refractivity contribution in [3.8, 4) is 5.69 Å². The minimum absolute atomic E-state index is 0.0349. The maximum atomic E-state index is 13.9. The molecule has 0 atom stereocenters. The lowest BCUT2D eigenvalue weighted by Crippen LogP contribution is -2.23. The smallest absolute Gasteiger partial charge is 0.341 e. The molecule has 1 amide bonds. The van der Waals surface area contributed by atoms with Crippen LogP contribution in [-0.2, 0) is 22.4 Å². The molecule has 7 nitrogen and oxygen atoms in total. The fraction of sp³-hybridized carbons (Fsp3) is 0.357. The van der Waals surface area contributed by atoms with Crippen LogP contribution in [0.15, 0.2) is 34.2 Å². The Morgan fingerprint density at radius 1 is 1.11 bits per heavy atom. The average Bonchev–Trinajstić information content (AvgIpc) is 3.40. The van der Waals surface area contributed by atoms with Crippen molar-refractivity contribution in [1.29, 1.82) is 0 Å². The van der Waals surface area contributed by atoms with E-state index in [1.807, 2.05) is 45.0 Å². The Morgan fingerprint density at radius 3 is 2.58 bits per heavy atom. The van der Waals surface area contributed by atoms with E-state index in [1.54, 1.807) is 22.8 Å². The molecule has 1 N–H and O–H groups in total. The maximum Gasteiger partial charge on any atom is 0.341 e. The van der Waals surface area contributed by atoms with Gasteiger partial charge >= 0.3 is 5.97 Å². The number of rotatable bonds is 7. The lowest BCUT2D eigenvalue weighted by Gasteiger charge is -2.14. The first-order valence-electron chi connectivity index (χ1n) is 12.6. The topological polar surface area (TPSA) is 90.3 Å². The van der Waals surface area contributed by atoms with Crippen LogP contribution in [0.5, 0.6) is 0 Å². The summed E-state index contributed by atoms with van der Waals surface area (Å²) in [6, 6.07) is 7.76. The van der Waals surface area contributed by atoms with Gasteiger partial charge in [0, 0.05) is 9.75 Å². The van der Waals surface area contributed by atoms with Crippen LogP contribution in [-0.4, -0.2) is 33.8 Å². The van der Waals surface area contributed by atoms with Crippen LogP contribution in [0.1, 0.15) is 56.6 Å². The minimum atomic E-state index is -0.445. The number of benzene rings is 1. The van der Waals surface area contributed by atoms with E-state index in [0.29, 0.717) is 21.1 Å². The number of nitrogens with one attached hydrogen (secondary N) is 1. The maximum absolute atomic E-state index is 13.9. The molecule has 3 aromatic heterocycles. The number of amides is 1. The number of esters is 1. The number of ether oxygens (including phenoxy) is 1. The van der Waals surface area contributed by atoms with Crippen molar-refractivity contribution in [3.05, 3.63) is 66.6 Å². The van der Waals surface area contributed by atoms with E-state index < -0.39 is 5.97 Å². The van der Waals surface area contributed by atoms with Crippen molar-refractivity contribution in [2.24, 2.45) is 0 Å². The van der Waals surface area contributed by atoms with E-state index >= 15 is 0 Å². The predicted molar refractivity (Wildman–Crippen MR) is 156 cm³/mol. The van der Waals surface area contributed by atoms with E-state index in [1.165, 1.54) is 28.0 Å². The van der Waals surface area contributed by atoms with Gasteiger partial charge in [-0.15, -0.1) is 22.7 Å². The number of hydrogen-bond donors (Lipinski definition) is 1. The molecule has 0 radical (unpaired) electrons. The molecule has 198 valence electrons. The highest BCUT2D eigenvalue weighted by Crippen LogP contribution is 2.36. The Morgan fingerprint density at radius 2 is 1.84 bits per heavy atom. The molecule has 1 aliphatic carbocycles. The summed E-state index contributed by atoms with van der Waals surface area (Å²) < 4.78 is 6.83. The van der Waals surface area contributed by atoms with Gasteiger partial charge in [-0.25, -0.2) is 9.78 Å². The molecule has 0 saturated carbocycles. The lowest BCUT2D eigenvalue weighted by atomic mass is 9.97. The van der Waals surface area contributed by atoms with Gasteiger partial charge in [0.05, 0.1) is 29.0 Å². The van der Waals surface area contributed by atoms with Crippen LogP contribution in [0, 0.1) is 20.8 Å². The molecule has 1 aromatic carbocycles. The predicted octanol–water partition coefficient (Wildman–Crippen LogP) is 6.22. The molecule has 38 heavy (non-hydrogen) atoms. The van der Waals surface area contributed by atoms with Crippen molar-refractivity contribution in [2.45, 2.75) is 58.5 Å². The molecule has 0 spiro atoms. The van der Waals surface area contributed by atoms with Crippen molar-refractivity contribution < 1.29 is 14.3 Å². The number of hydrogen-bond acceptors (Lipinski definition) is 8. The third kappa shape index (κ3) is 5.04. The second-order valence-corrected chi connectivity index (χ2v) is 12.6. The van der Waals surface area contributed by atoms with Crippen LogP contribution < -0.4 is 10.9 Å². The van der Waals surface area contributed by atoms with E-state index in [-0.39, 0.29) is 23.8 Å². The van der Waals surface area contributed by atoms with Gasteiger partial charge in [0.1, 0.15) is 9.83 Å². The number of thiophene rings is 2. The fourth-order valence-corrected chi connectivity index (χ4v) is 7.84. The van der Waals surface area contributed by atoms with Crippen LogP contribution in [0.4, 0.5) is 5.00 Å². The van der Waals surface area contributed by atoms with Gasteiger partial charge in [-0.1, -0.05) is 29.5 Å². The zero-order valence-corrected chi connectivity index (χ0v) is 24.3. The molecule has 1 aliphatic rings. The Kier molecular flexibility index (Phi) is 7.74. The van der Waals surface area contributed by atoms with Crippen LogP contribution in [0.2, 0.25) is 0 Å². The summed E-state index contributed by atoms with van der Waals surface area (Å²) in [6.07, 6.45) is 4.09. The number of aryl methyl sites for hydroxylation is 4. The van der Waals surface area contributed by atoms with E-state index in [9.17, 15) is 14.4 Å². The van der Waals surface area contributed by atoms with Crippen molar-refractivity contribution in [1.82, 2.24) is 9.55 Å². The molecule has 3 heterocycles. The van der Waals surface area contributed by atoms with Gasteiger partial charge in [-0.2, -0.15) is 0 Å². The summed E-state index contributed by atoms with van der Waals surface area (Å²) in [6.45, 7) is 7.77. The summed E-state index contributed by atoms with van der Waals surface area (Å²) in [5.41, 5.74) is 4.07. The average molecular weight is 568 g/mol. The molecule has 0 unspecified atom stereocenters. The van der Waals surface area contributed by atoms with Gasteiger partial charge in [0.15, 0.2) is 5.16 Å². The van der Waals surface area contributed by atoms with E-state index in [2.05, 4.69) is 5.32 Å². The normalized spacial score (nSPS) is 12.9. The van der Waals surface area contributed by atoms with Crippen LogP contribution >= 0.6 is 34.4 Å². The highest BCUT2D eigenvalue weighted by molar-refractivity contribution is 7.99. The number of aromatic nitrogens is 2. The van der Waals surface area contributed by atoms with Crippen molar-refractivity contribution in [2.75, 3.05) is 17.7 Å². The largest absolute Gasteiger partial charge is 0.462 e. The summed E-state index contributed by atoms with van der Waals surface area (Å²) in [5.74, 6) is -0.691. The number of fused-ring (bicyclic) bond motifs is 3. The molecular formula is C28H29N3O4S3. The van der Waals surface area contributed by atoms with Gasteiger partial charge < -0.3 is 10.1 Å². The number of thioether (sulfide) groups is 1. The summed E-state index contributed by atoms with van der Waals surface area (Å²) in [5, 5.41) is 4.55. The van der Waals surface area contributed by atoms with Gasteiger partial charge in [-0.05, 0) is 76.6 Å². The second kappa shape index (κ2) is 11.0. The molecule has 0 bridgehead atoms. The fourth-order valence-electron chi connectivity index (χ4n) is 4.66. The van der Waals surface area contributed by atoms with Gasteiger partial charge in [0.2, 0.25) is 5.91 Å². The molecule has 0 fully saturated rings. The van der Waals surface area contributed by atoms with Crippen molar-refractivity contribution in [3.63, 3.8) is 0 Å². The SMILES string of the molecule is CCOC(=O)c1c(NC(=O)CSc2nc3sc4c(c3c(=O)n2-c2ccc(C)cc2)CCCC4)sc(C)c1C. The van der Waals surface area contributed by atoms with Gasteiger partial charge in [0.25, 0.3) is 5.56 Å². The highest BCUT2D eigenvalue weighted by Gasteiger charge is 2.25. The zero-order chi connectivity index (χ0) is 27.0. The molecule has 5 rings (SSSR count). The first-order chi connectivity index (χ1) is 18.3. The van der Waals surface area contributed by atoms with Crippen LogP contribution in [0.3, 0.4) is 0 Å². The summed E-state index contributed by atoms with van der Waals surface area (Å²) in [7, 11) is 0. The molecule has 10 heteroatoms. The lowest BCUT2D eigenvalue weighted by molar-refractivity contribution is -0.113. The van der Waals surface area contributed by atoms with Crippen molar-refractivity contribution >= 4 is 61.5 Å². The summed E-state index contributed by atoms with van der Waals surface area (Å²) in [4.78, 5) is 47.3. The second-order valence-electron chi connectivity index (χ2n) is 9.31. The number of nitrogens with zero attached hydrogens (tertiary/aromatic N) is 2. The standard InChI is InChI=1S/C28H29N3O4S3/c1-5-35-27(34)22-16(3)17(4)37-24(22)29-21(32)14-36-28-30-25-23(19-8-6-7-9-20(19)38-25)26(33)31(28)18-12-10-15(2)11-13-18/h10-13H,5-9,14H2,1-4H3,(H,29,32). The first-order valence-corrected chi connectivity index (χ1v) is 15.2. The van der Waals surface area contributed by atoms with Crippen LogP contribution in [0.25, 0.3) is 15.9 Å². The third-order valence-corrected chi connectivity index (χ3v) is 9.95. The summed E-state index contributed by atoms with van der Waals surface area (Å²) >= 11 is 4.17. The number of carbonyl (C=O) groups is 2. The molecule has 0 saturated heterocycles. The van der Waals surface area contributed by atoms with Gasteiger partial charge in [-0.3, -0.25) is 14.2 Å². The Hall–Kier alpha value is -2.95. The quantitative estimate of drug-likeness (QED) is 0.162. The monoisotopic (exact) mass is 567 g/mol. The molecule has 4 aromatic rings. The number of carbonyl (C=O) groups excluding carboxylic acids is 2. The van der Waals surface area contributed by atoms with E-state index in [0.717, 1.165) is 57.8 Å². The number of anilines is 1. The Balaban J connectivity index is 1.48. The Bertz CT molecular complexity index is 1600. The van der Waals surface area contributed by atoms with E-state index in [4.69, 9.17) is 9.72 Å². The molecular weight excluding hydrogens is 539 g/mol. The highest BCUT2D eigenvalue weighted by atomic mass is 32.2. The zero-order valence-electron chi connectivity index (χ0n) is 21.8. The molecule has 0 aliphatic heterocycles. The Labute approximate surface area is 233 Å². The third-order valence-electron chi connectivity index (χ3n) is 6.70.